The van der Waals surface area contributed by atoms with Gasteiger partial charge < -0.3 is 14.0 Å². The van der Waals surface area contributed by atoms with Crippen molar-refractivity contribution in [1.29, 1.82) is 0 Å². The molecule has 0 aliphatic carbocycles. The molecule has 4 rings (SSSR count). The molecule has 0 amide bonds. The summed E-state index contributed by atoms with van der Waals surface area (Å²) in [6, 6.07) is 4.93. The largest absolute Gasteiger partial charge is 0.493 e. The lowest BCUT2D eigenvalue weighted by Gasteiger charge is -2.13. The molecular formula is C24H29N5O5. The summed E-state index contributed by atoms with van der Waals surface area (Å²) < 4.78 is 16.9. The Bertz CT molecular complexity index is 1550. The number of aromatic nitrogens is 5. The van der Waals surface area contributed by atoms with Gasteiger partial charge in [0.1, 0.15) is 0 Å². The lowest BCUT2D eigenvalue weighted by atomic mass is 10.1. The minimum absolute atomic E-state index is 0.264. The highest BCUT2D eigenvalue weighted by Gasteiger charge is 2.25. The molecule has 1 aromatic carbocycles. The lowest BCUT2D eigenvalue weighted by molar-refractivity contribution is -0.119. The van der Waals surface area contributed by atoms with E-state index in [1.165, 1.54) is 11.5 Å². The predicted octanol–water partition coefficient (Wildman–Crippen LogP) is 2.18. The minimum Gasteiger partial charge on any atom is -0.493 e. The Morgan fingerprint density at radius 2 is 1.76 bits per heavy atom. The number of imidazole rings is 2. The lowest BCUT2D eigenvalue weighted by Crippen LogP contribution is -2.42. The number of rotatable bonds is 7. The standard InChI is InChI=1S/C24H29N5O5/c1-13-14(2)28-20-21(26(5)24(32)29(22(20)31)15(3)16(4)30)25-23(28)27(13)11-10-17-8-9-18(33-6)19(12-17)34-7/h8-9,12,15H,10-11H2,1-7H3/t15-/m1/s1. The van der Waals surface area contributed by atoms with E-state index in [-0.39, 0.29) is 11.3 Å². The number of methoxy groups -OCH3 is 2. The van der Waals surface area contributed by atoms with Gasteiger partial charge in [0.15, 0.2) is 28.4 Å². The van der Waals surface area contributed by atoms with E-state index in [1.54, 1.807) is 32.6 Å². The Labute approximate surface area is 196 Å². The third kappa shape index (κ3) is 3.41. The summed E-state index contributed by atoms with van der Waals surface area (Å²) in [5.41, 5.74) is 2.37. The number of carbonyl (C=O) groups is 1. The summed E-state index contributed by atoms with van der Waals surface area (Å²) in [6.45, 7) is 7.42. The summed E-state index contributed by atoms with van der Waals surface area (Å²) in [7, 11) is 4.77. The number of ether oxygens (including phenoxy) is 2. The Balaban J connectivity index is 1.87. The van der Waals surface area contributed by atoms with Gasteiger partial charge in [-0.1, -0.05) is 6.07 Å². The molecule has 0 aliphatic rings. The summed E-state index contributed by atoms with van der Waals surface area (Å²) >= 11 is 0. The fraction of sp³-hybridized carbons (Fsp3) is 0.417. The normalized spacial score (nSPS) is 12.4. The van der Waals surface area contributed by atoms with E-state index >= 15 is 0 Å². The summed E-state index contributed by atoms with van der Waals surface area (Å²) in [6.07, 6.45) is 0.693. The molecule has 3 aromatic heterocycles. The fourth-order valence-corrected chi connectivity index (χ4v) is 4.35. The van der Waals surface area contributed by atoms with Gasteiger partial charge >= 0.3 is 5.69 Å². The number of fused-ring (bicyclic) bond motifs is 3. The van der Waals surface area contributed by atoms with Gasteiger partial charge in [-0.15, -0.1) is 0 Å². The molecule has 0 radical (unpaired) electrons. The van der Waals surface area contributed by atoms with E-state index in [9.17, 15) is 14.4 Å². The highest BCUT2D eigenvalue weighted by atomic mass is 16.5. The number of hydrogen-bond acceptors (Lipinski definition) is 6. The van der Waals surface area contributed by atoms with Crippen LogP contribution in [-0.4, -0.2) is 43.1 Å². The van der Waals surface area contributed by atoms with E-state index in [0.29, 0.717) is 35.9 Å². The monoisotopic (exact) mass is 467 g/mol. The van der Waals surface area contributed by atoms with Gasteiger partial charge in [-0.25, -0.2) is 9.36 Å². The van der Waals surface area contributed by atoms with Crippen LogP contribution in [0.25, 0.3) is 16.9 Å². The number of aryl methyl sites for hydroxylation is 4. The molecule has 1 atom stereocenters. The van der Waals surface area contributed by atoms with Crippen LogP contribution in [0, 0.1) is 13.8 Å². The maximum atomic E-state index is 13.4. The molecule has 0 aliphatic heterocycles. The number of benzene rings is 1. The number of carbonyl (C=O) groups excluding carboxylic acids is 1. The van der Waals surface area contributed by atoms with Crippen molar-refractivity contribution in [1.82, 2.24) is 23.1 Å². The van der Waals surface area contributed by atoms with Gasteiger partial charge in [0.25, 0.3) is 5.56 Å². The highest BCUT2D eigenvalue weighted by molar-refractivity contribution is 5.81. The predicted molar refractivity (Wildman–Crippen MR) is 128 cm³/mol. The van der Waals surface area contributed by atoms with Crippen molar-refractivity contribution in [2.24, 2.45) is 7.05 Å². The number of hydrogen-bond donors (Lipinski definition) is 0. The minimum atomic E-state index is -0.866. The van der Waals surface area contributed by atoms with Crippen molar-refractivity contribution in [3.8, 4) is 11.5 Å². The van der Waals surface area contributed by atoms with Crippen LogP contribution in [-0.2, 0) is 24.8 Å². The van der Waals surface area contributed by atoms with E-state index < -0.39 is 17.3 Å². The van der Waals surface area contributed by atoms with Crippen molar-refractivity contribution >= 4 is 22.7 Å². The maximum absolute atomic E-state index is 13.4. The second-order valence-electron chi connectivity index (χ2n) is 8.48. The Morgan fingerprint density at radius 1 is 1.09 bits per heavy atom. The van der Waals surface area contributed by atoms with Crippen LogP contribution in [0.4, 0.5) is 0 Å². The van der Waals surface area contributed by atoms with Gasteiger partial charge in [-0.2, -0.15) is 4.98 Å². The van der Waals surface area contributed by atoms with E-state index in [4.69, 9.17) is 9.47 Å². The van der Waals surface area contributed by atoms with Crippen LogP contribution in [0.1, 0.15) is 36.8 Å². The second kappa shape index (κ2) is 8.51. The average Bonchev–Trinajstić information content (AvgIpc) is 3.31. The van der Waals surface area contributed by atoms with Crippen LogP contribution in [0.2, 0.25) is 0 Å². The molecule has 4 aromatic rings. The molecule has 34 heavy (non-hydrogen) atoms. The van der Waals surface area contributed by atoms with Crippen molar-refractivity contribution in [2.45, 2.75) is 46.7 Å². The molecule has 0 fully saturated rings. The van der Waals surface area contributed by atoms with Crippen molar-refractivity contribution in [3.05, 3.63) is 56.0 Å². The van der Waals surface area contributed by atoms with E-state index in [0.717, 1.165) is 21.5 Å². The van der Waals surface area contributed by atoms with Crippen LogP contribution in [0.5, 0.6) is 11.5 Å². The first kappa shape index (κ1) is 23.3. The molecular weight excluding hydrogens is 438 g/mol. The SMILES string of the molecule is COc1ccc(CCn2c(C)c(C)n3c4c(=O)n([C@H](C)C(C)=O)c(=O)n(C)c4nc23)cc1OC. The maximum Gasteiger partial charge on any atom is 0.333 e. The quantitative estimate of drug-likeness (QED) is 0.413. The highest BCUT2D eigenvalue weighted by Crippen LogP contribution is 2.28. The first-order valence-electron chi connectivity index (χ1n) is 11.0. The Morgan fingerprint density at radius 3 is 2.38 bits per heavy atom. The number of ketones is 1. The second-order valence-corrected chi connectivity index (χ2v) is 8.48. The van der Waals surface area contributed by atoms with Crippen LogP contribution in [0.3, 0.4) is 0 Å². The third-order valence-corrected chi connectivity index (χ3v) is 6.63. The van der Waals surface area contributed by atoms with Crippen LogP contribution < -0.4 is 20.7 Å². The molecule has 3 heterocycles. The van der Waals surface area contributed by atoms with Gasteiger partial charge in [-0.3, -0.25) is 18.6 Å². The summed E-state index contributed by atoms with van der Waals surface area (Å²) in [4.78, 5) is 43.0. The summed E-state index contributed by atoms with van der Waals surface area (Å²) in [5.74, 6) is 1.64. The molecule has 0 unspecified atom stereocenters. The number of Topliss-reactive ketones (excluding diaryl/α,β-unsaturated/α-hetero) is 1. The Kier molecular flexibility index (Phi) is 5.84. The molecule has 0 saturated carbocycles. The molecule has 10 heteroatoms. The van der Waals surface area contributed by atoms with E-state index in [1.807, 2.05) is 36.6 Å². The third-order valence-electron chi connectivity index (χ3n) is 6.63. The zero-order chi connectivity index (χ0) is 24.9. The zero-order valence-corrected chi connectivity index (χ0v) is 20.5. The molecule has 0 N–H and O–H groups in total. The molecule has 180 valence electrons. The van der Waals surface area contributed by atoms with Crippen LogP contribution in [0.15, 0.2) is 27.8 Å². The van der Waals surface area contributed by atoms with Crippen molar-refractivity contribution < 1.29 is 14.3 Å². The van der Waals surface area contributed by atoms with Gasteiger partial charge in [-0.05, 0) is 51.8 Å². The smallest absolute Gasteiger partial charge is 0.333 e. The molecule has 10 nitrogen and oxygen atoms in total. The Hall–Kier alpha value is -3.82. The van der Waals surface area contributed by atoms with Crippen LogP contribution >= 0.6 is 0 Å². The summed E-state index contributed by atoms with van der Waals surface area (Å²) in [5, 5.41) is 0. The van der Waals surface area contributed by atoms with Gasteiger partial charge in [0.05, 0.1) is 20.3 Å². The zero-order valence-electron chi connectivity index (χ0n) is 20.5. The van der Waals surface area contributed by atoms with Crippen molar-refractivity contribution in [2.75, 3.05) is 14.2 Å². The molecule has 0 spiro atoms. The first-order valence-corrected chi connectivity index (χ1v) is 11.0. The topological polar surface area (TPSA) is 102 Å². The fourth-order valence-electron chi connectivity index (χ4n) is 4.35. The molecule has 0 saturated heterocycles. The van der Waals surface area contributed by atoms with Gasteiger partial charge in [0.2, 0.25) is 5.78 Å². The number of nitrogens with zero attached hydrogens (tertiary/aromatic N) is 5. The van der Waals surface area contributed by atoms with Gasteiger partial charge in [0, 0.05) is 25.0 Å². The van der Waals surface area contributed by atoms with E-state index in [2.05, 4.69) is 4.98 Å². The van der Waals surface area contributed by atoms with Crippen molar-refractivity contribution in [3.63, 3.8) is 0 Å². The first-order chi connectivity index (χ1) is 16.1. The molecule has 0 bridgehead atoms. The average molecular weight is 468 g/mol.